The quantitative estimate of drug-likeness (QED) is 0.490. The van der Waals surface area contributed by atoms with Crippen LogP contribution in [0, 0.1) is 0 Å². The smallest absolute Gasteiger partial charge is 0.417 e. The van der Waals surface area contributed by atoms with Gasteiger partial charge >= 0.3 is 6.18 Å². The van der Waals surface area contributed by atoms with Gasteiger partial charge in [-0.3, -0.25) is 14.0 Å². The molecule has 0 saturated carbocycles. The van der Waals surface area contributed by atoms with E-state index in [0.717, 1.165) is 28.4 Å². The number of pyridine rings is 1. The number of halogens is 4. The van der Waals surface area contributed by atoms with E-state index in [2.05, 4.69) is 15.5 Å². The highest BCUT2D eigenvalue weighted by Gasteiger charge is 2.32. The van der Waals surface area contributed by atoms with Crippen molar-refractivity contribution < 1.29 is 27.5 Å². The molecule has 1 amide bonds. The Hall–Kier alpha value is -2.79. The zero-order valence-corrected chi connectivity index (χ0v) is 15.9. The minimum atomic E-state index is -4.59. The molecule has 0 atom stereocenters. The first-order chi connectivity index (χ1) is 13.7. The number of carbonyl (C=O) groups is 2. The van der Waals surface area contributed by atoms with Gasteiger partial charge in [-0.15, -0.1) is 10.2 Å². The van der Waals surface area contributed by atoms with E-state index in [0.29, 0.717) is 17.0 Å². The van der Waals surface area contributed by atoms with Crippen LogP contribution in [0.1, 0.15) is 15.9 Å². The fraction of sp³-hybridized carbons (Fsp3) is 0.176. The maximum Gasteiger partial charge on any atom is 0.417 e. The van der Waals surface area contributed by atoms with Crippen molar-refractivity contribution in [2.75, 3.05) is 17.7 Å². The Balaban J connectivity index is 1.55. The van der Waals surface area contributed by atoms with Gasteiger partial charge in [0, 0.05) is 11.8 Å². The summed E-state index contributed by atoms with van der Waals surface area (Å²) in [5.41, 5.74) is -0.201. The van der Waals surface area contributed by atoms with Crippen LogP contribution in [-0.4, -0.2) is 38.6 Å². The summed E-state index contributed by atoms with van der Waals surface area (Å²) < 4.78 is 45.4. The van der Waals surface area contributed by atoms with Crippen molar-refractivity contribution in [1.29, 1.82) is 0 Å². The molecule has 0 fully saturated rings. The van der Waals surface area contributed by atoms with Gasteiger partial charge in [-0.2, -0.15) is 13.2 Å². The average Bonchev–Trinajstić information content (AvgIpc) is 3.08. The van der Waals surface area contributed by atoms with Gasteiger partial charge in [0.15, 0.2) is 23.2 Å². The van der Waals surface area contributed by atoms with E-state index in [-0.39, 0.29) is 39.9 Å². The van der Waals surface area contributed by atoms with Gasteiger partial charge in [0.2, 0.25) is 0 Å². The number of thioether (sulfide) groups is 1. The minimum Gasteiger partial charge on any atom is -0.482 e. The number of rotatable bonds is 4. The predicted octanol–water partition coefficient (Wildman–Crippen LogP) is 3.71. The summed E-state index contributed by atoms with van der Waals surface area (Å²) in [6.45, 7) is -0.0986. The molecule has 0 aliphatic carbocycles. The van der Waals surface area contributed by atoms with Gasteiger partial charge in [0.1, 0.15) is 5.75 Å². The molecule has 12 heteroatoms. The number of anilines is 1. The second-order valence-corrected chi connectivity index (χ2v) is 7.36. The number of carbonyl (C=O) groups excluding carboxylic acids is 2. The molecule has 1 aliphatic heterocycles. The Morgan fingerprint density at radius 2 is 2.10 bits per heavy atom. The Morgan fingerprint density at radius 3 is 2.86 bits per heavy atom. The van der Waals surface area contributed by atoms with Crippen LogP contribution in [0.15, 0.2) is 35.6 Å². The number of nitrogens with one attached hydrogen (secondary N) is 1. The SMILES string of the molecule is O=C1COc2ccc(C(=O)CSc3nnc4c(Cl)cc(C(F)(F)F)cn34)cc2N1. The number of amides is 1. The third kappa shape index (κ3) is 3.87. The summed E-state index contributed by atoms with van der Waals surface area (Å²) in [6, 6.07) is 5.36. The molecule has 29 heavy (non-hydrogen) atoms. The monoisotopic (exact) mass is 442 g/mol. The standard InChI is InChI=1S/C17H10ClF3N4O3S/c18-10-4-9(17(19,20)21)5-25-15(10)23-24-16(25)29-7-12(26)8-1-2-13-11(3-8)22-14(27)6-28-13/h1-5H,6-7H2,(H,22,27). The Labute approximate surface area is 170 Å². The van der Waals surface area contributed by atoms with Crippen molar-refractivity contribution in [2.24, 2.45) is 0 Å². The number of ketones is 1. The molecule has 0 bridgehead atoms. The van der Waals surface area contributed by atoms with Crippen LogP contribution in [-0.2, 0) is 11.0 Å². The zero-order valence-electron chi connectivity index (χ0n) is 14.3. The van der Waals surface area contributed by atoms with Crippen LogP contribution in [0.25, 0.3) is 5.65 Å². The van der Waals surface area contributed by atoms with Crippen molar-refractivity contribution in [3.05, 3.63) is 46.6 Å². The van der Waals surface area contributed by atoms with E-state index >= 15 is 0 Å². The maximum absolute atomic E-state index is 13.0. The van der Waals surface area contributed by atoms with Crippen LogP contribution < -0.4 is 10.1 Å². The van der Waals surface area contributed by atoms with Gasteiger partial charge < -0.3 is 10.1 Å². The fourth-order valence-corrected chi connectivity index (χ4v) is 3.71. The molecule has 0 saturated heterocycles. The van der Waals surface area contributed by atoms with E-state index in [4.69, 9.17) is 16.3 Å². The molecule has 1 N–H and O–H groups in total. The second kappa shape index (κ2) is 7.23. The molecule has 0 radical (unpaired) electrons. The van der Waals surface area contributed by atoms with Gasteiger partial charge in [0.25, 0.3) is 5.91 Å². The normalized spacial score (nSPS) is 13.7. The molecule has 150 valence electrons. The topological polar surface area (TPSA) is 85.6 Å². The first-order valence-corrected chi connectivity index (χ1v) is 9.43. The molecule has 0 unspecified atom stereocenters. The number of hydrogen-bond donors (Lipinski definition) is 1. The number of alkyl halides is 3. The molecule has 3 heterocycles. The lowest BCUT2D eigenvalue weighted by Gasteiger charge is -2.18. The number of hydrogen-bond acceptors (Lipinski definition) is 6. The molecule has 0 spiro atoms. The summed E-state index contributed by atoms with van der Waals surface area (Å²) in [6.07, 6.45) is -3.75. The summed E-state index contributed by atoms with van der Waals surface area (Å²) in [7, 11) is 0. The molecular formula is C17H10ClF3N4O3S. The Kier molecular flexibility index (Phi) is 4.87. The minimum absolute atomic E-state index is 0.0586. The predicted molar refractivity (Wildman–Crippen MR) is 98.6 cm³/mol. The van der Waals surface area contributed by atoms with E-state index in [1.165, 1.54) is 6.07 Å². The molecule has 4 rings (SSSR count). The molecule has 2 aromatic heterocycles. The number of aromatic nitrogens is 3. The first-order valence-electron chi connectivity index (χ1n) is 8.06. The summed E-state index contributed by atoms with van der Waals surface area (Å²) >= 11 is 6.79. The average molecular weight is 443 g/mol. The van der Waals surface area contributed by atoms with Gasteiger partial charge in [-0.05, 0) is 24.3 Å². The molecule has 1 aromatic carbocycles. The Bertz CT molecular complexity index is 1150. The largest absolute Gasteiger partial charge is 0.482 e. The van der Waals surface area contributed by atoms with Crippen molar-refractivity contribution >= 4 is 46.4 Å². The highest BCUT2D eigenvalue weighted by molar-refractivity contribution is 7.99. The fourth-order valence-electron chi connectivity index (χ4n) is 2.66. The van der Waals surface area contributed by atoms with Crippen molar-refractivity contribution in [3.8, 4) is 5.75 Å². The highest BCUT2D eigenvalue weighted by atomic mass is 35.5. The van der Waals surface area contributed by atoms with Crippen LogP contribution in [0.4, 0.5) is 18.9 Å². The van der Waals surface area contributed by atoms with Gasteiger partial charge in [0.05, 0.1) is 22.0 Å². The van der Waals surface area contributed by atoms with E-state index in [9.17, 15) is 22.8 Å². The molecular weight excluding hydrogens is 433 g/mol. The van der Waals surface area contributed by atoms with Crippen LogP contribution in [0.2, 0.25) is 5.02 Å². The van der Waals surface area contributed by atoms with Gasteiger partial charge in [-0.1, -0.05) is 23.4 Å². The number of nitrogens with zero attached hydrogens (tertiary/aromatic N) is 3. The third-order valence-corrected chi connectivity index (χ3v) is 5.24. The maximum atomic E-state index is 13.0. The third-order valence-electron chi connectivity index (χ3n) is 4.02. The zero-order chi connectivity index (χ0) is 20.8. The van der Waals surface area contributed by atoms with E-state index in [1.807, 2.05) is 0 Å². The summed E-state index contributed by atoms with van der Waals surface area (Å²) in [4.78, 5) is 23.9. The molecule has 3 aromatic rings. The summed E-state index contributed by atoms with van der Waals surface area (Å²) in [5, 5.41) is 10.1. The lowest BCUT2D eigenvalue weighted by atomic mass is 10.1. The lowest BCUT2D eigenvalue weighted by molar-refractivity contribution is -0.137. The Morgan fingerprint density at radius 1 is 1.31 bits per heavy atom. The number of Topliss-reactive ketones (excluding diaryl/α,β-unsaturated/α-hetero) is 1. The van der Waals surface area contributed by atoms with Crippen molar-refractivity contribution in [3.63, 3.8) is 0 Å². The molecule has 7 nitrogen and oxygen atoms in total. The van der Waals surface area contributed by atoms with Crippen LogP contribution in [0.5, 0.6) is 5.75 Å². The van der Waals surface area contributed by atoms with Crippen LogP contribution >= 0.6 is 23.4 Å². The number of benzene rings is 1. The lowest BCUT2D eigenvalue weighted by Crippen LogP contribution is -2.25. The van der Waals surface area contributed by atoms with Crippen molar-refractivity contribution in [2.45, 2.75) is 11.3 Å². The highest BCUT2D eigenvalue weighted by Crippen LogP contribution is 2.33. The molecule has 1 aliphatic rings. The number of fused-ring (bicyclic) bond motifs is 2. The van der Waals surface area contributed by atoms with Crippen LogP contribution in [0.3, 0.4) is 0 Å². The van der Waals surface area contributed by atoms with Gasteiger partial charge in [-0.25, -0.2) is 0 Å². The van der Waals surface area contributed by atoms with E-state index < -0.39 is 11.7 Å². The first kappa shape index (κ1) is 19.5. The number of ether oxygens (including phenoxy) is 1. The van der Waals surface area contributed by atoms with E-state index in [1.54, 1.807) is 12.1 Å². The second-order valence-electron chi connectivity index (χ2n) is 6.01. The van der Waals surface area contributed by atoms with Crippen molar-refractivity contribution in [1.82, 2.24) is 14.6 Å². The summed E-state index contributed by atoms with van der Waals surface area (Å²) in [5.74, 6) is -0.301.